The fourth-order valence-electron chi connectivity index (χ4n) is 4.34. The number of piperidine rings is 1. The van der Waals surface area contributed by atoms with E-state index in [-0.39, 0.29) is 4.90 Å². The van der Waals surface area contributed by atoms with Crippen LogP contribution in [0.15, 0.2) is 46.3 Å². The van der Waals surface area contributed by atoms with Crippen LogP contribution in [0.4, 0.5) is 0 Å². The molecule has 2 aromatic carbocycles. The van der Waals surface area contributed by atoms with E-state index < -0.39 is 15.9 Å². The lowest BCUT2D eigenvalue weighted by molar-refractivity contribution is 0.0996. The molecule has 188 valence electrons. The van der Waals surface area contributed by atoms with Crippen LogP contribution in [0.1, 0.15) is 42.6 Å². The molecule has 0 aliphatic carbocycles. The first kappa shape index (κ1) is 26.0. The van der Waals surface area contributed by atoms with E-state index in [1.54, 1.807) is 0 Å². The van der Waals surface area contributed by atoms with Gasteiger partial charge in [0.05, 0.1) is 21.7 Å². The van der Waals surface area contributed by atoms with Crippen molar-refractivity contribution in [3.63, 3.8) is 0 Å². The van der Waals surface area contributed by atoms with E-state index in [4.69, 9.17) is 16.3 Å². The van der Waals surface area contributed by atoms with Crippen molar-refractivity contribution in [3.05, 3.63) is 57.3 Å². The van der Waals surface area contributed by atoms with E-state index in [2.05, 4.69) is 11.9 Å². The highest BCUT2D eigenvalue weighted by Crippen LogP contribution is 2.27. The highest BCUT2D eigenvalue weighted by Gasteiger charge is 2.28. The van der Waals surface area contributed by atoms with Gasteiger partial charge in [0.25, 0.3) is 5.91 Å². The molecule has 1 unspecified atom stereocenters. The molecular weight excluding hydrogens is 506 g/mol. The van der Waals surface area contributed by atoms with Gasteiger partial charge in [-0.15, -0.1) is 0 Å². The number of rotatable bonds is 7. The Kier molecular flexibility index (Phi) is 8.12. The van der Waals surface area contributed by atoms with Crippen LogP contribution in [-0.2, 0) is 21.3 Å². The molecule has 3 aromatic rings. The third-order valence-corrected chi connectivity index (χ3v) is 9.58. The fourth-order valence-corrected chi connectivity index (χ4v) is 7.21. The first-order chi connectivity index (χ1) is 16.7. The van der Waals surface area contributed by atoms with Gasteiger partial charge in [-0.2, -0.15) is 9.30 Å². The molecule has 1 saturated heterocycles. The molecule has 0 N–H and O–H groups in total. The summed E-state index contributed by atoms with van der Waals surface area (Å²) >= 11 is 7.77. The number of nitrogens with zero attached hydrogens (tertiary/aromatic N) is 3. The third kappa shape index (κ3) is 5.54. The maximum atomic E-state index is 13.0. The van der Waals surface area contributed by atoms with Crippen LogP contribution >= 0.6 is 22.9 Å². The van der Waals surface area contributed by atoms with Crippen molar-refractivity contribution in [2.24, 2.45) is 10.9 Å². The Labute approximate surface area is 215 Å². The van der Waals surface area contributed by atoms with E-state index in [9.17, 15) is 13.2 Å². The summed E-state index contributed by atoms with van der Waals surface area (Å²) < 4.78 is 36.1. The van der Waals surface area contributed by atoms with Gasteiger partial charge in [-0.3, -0.25) is 4.79 Å². The van der Waals surface area contributed by atoms with Gasteiger partial charge >= 0.3 is 0 Å². The summed E-state index contributed by atoms with van der Waals surface area (Å²) in [5.41, 5.74) is 2.19. The first-order valence-electron chi connectivity index (χ1n) is 11.8. The monoisotopic (exact) mass is 535 g/mol. The number of aromatic nitrogens is 1. The second-order valence-corrected chi connectivity index (χ2v) is 12.2. The van der Waals surface area contributed by atoms with Crippen molar-refractivity contribution in [1.82, 2.24) is 8.87 Å². The molecule has 1 atom stereocenters. The SMILES string of the molecule is CCOCCn1c(=NC(=O)c2ccc(S(=O)(=O)N3CCCC(C)C3)cc2)sc2ccc(Cl)c(C)c21. The van der Waals surface area contributed by atoms with Gasteiger partial charge in [0, 0.05) is 36.8 Å². The Hall–Kier alpha value is -2.04. The van der Waals surface area contributed by atoms with Gasteiger partial charge in [0.15, 0.2) is 4.80 Å². The van der Waals surface area contributed by atoms with Crippen molar-refractivity contribution in [2.75, 3.05) is 26.3 Å². The normalized spacial score (nSPS) is 17.8. The van der Waals surface area contributed by atoms with Crippen LogP contribution < -0.4 is 4.80 Å². The molecule has 2 heterocycles. The maximum absolute atomic E-state index is 13.0. The second-order valence-electron chi connectivity index (χ2n) is 8.80. The van der Waals surface area contributed by atoms with Gasteiger partial charge < -0.3 is 9.30 Å². The van der Waals surface area contributed by atoms with Gasteiger partial charge in [-0.05, 0) is 74.6 Å². The Balaban J connectivity index is 1.65. The molecule has 1 fully saturated rings. The van der Waals surface area contributed by atoms with Crippen molar-refractivity contribution in [3.8, 4) is 0 Å². The lowest BCUT2D eigenvalue weighted by Gasteiger charge is -2.30. The summed E-state index contributed by atoms with van der Waals surface area (Å²) in [6.07, 6.45) is 1.90. The van der Waals surface area contributed by atoms with Gasteiger partial charge in [-0.25, -0.2) is 8.42 Å². The number of benzene rings is 2. The molecule has 7 nitrogen and oxygen atoms in total. The molecule has 1 amide bonds. The van der Waals surface area contributed by atoms with Crippen LogP contribution in [0.5, 0.6) is 0 Å². The van der Waals surface area contributed by atoms with Gasteiger partial charge in [0.1, 0.15) is 0 Å². The number of carbonyl (C=O) groups excluding carboxylic acids is 1. The lowest BCUT2D eigenvalue weighted by Crippen LogP contribution is -2.39. The molecule has 4 rings (SSSR count). The molecule has 0 bridgehead atoms. The van der Waals surface area contributed by atoms with Crippen LogP contribution in [0.25, 0.3) is 10.2 Å². The topological polar surface area (TPSA) is 81.0 Å². The summed E-state index contributed by atoms with van der Waals surface area (Å²) in [6.45, 7) is 8.61. The predicted octanol–water partition coefficient (Wildman–Crippen LogP) is 4.86. The minimum atomic E-state index is -3.58. The van der Waals surface area contributed by atoms with Crippen molar-refractivity contribution >= 4 is 49.1 Å². The van der Waals surface area contributed by atoms with Gasteiger partial charge in [-0.1, -0.05) is 29.9 Å². The van der Waals surface area contributed by atoms with Crippen molar-refractivity contribution in [1.29, 1.82) is 0 Å². The summed E-state index contributed by atoms with van der Waals surface area (Å²) in [5.74, 6) is -0.0894. The van der Waals surface area contributed by atoms with Crippen LogP contribution in [-0.4, -0.2) is 49.5 Å². The van der Waals surface area contributed by atoms with E-state index >= 15 is 0 Å². The molecule has 0 saturated carbocycles. The number of ether oxygens (including phenoxy) is 1. The molecular formula is C25H30ClN3O4S2. The highest BCUT2D eigenvalue weighted by molar-refractivity contribution is 7.89. The number of fused-ring (bicyclic) bond motifs is 1. The molecule has 1 aliphatic rings. The number of hydrogen-bond acceptors (Lipinski definition) is 5. The van der Waals surface area contributed by atoms with Gasteiger partial charge in [0.2, 0.25) is 10.0 Å². The average molecular weight is 536 g/mol. The Morgan fingerprint density at radius 3 is 2.66 bits per heavy atom. The third-order valence-electron chi connectivity index (χ3n) is 6.25. The number of thiazole rings is 1. The summed E-state index contributed by atoms with van der Waals surface area (Å²) in [5, 5.41) is 0.651. The summed E-state index contributed by atoms with van der Waals surface area (Å²) in [4.78, 5) is 18.2. The van der Waals surface area contributed by atoms with Crippen LogP contribution in [0.2, 0.25) is 5.02 Å². The molecule has 35 heavy (non-hydrogen) atoms. The van der Waals surface area contributed by atoms with Crippen molar-refractivity contribution < 1.29 is 17.9 Å². The number of hydrogen-bond donors (Lipinski definition) is 0. The summed E-state index contributed by atoms with van der Waals surface area (Å²) in [7, 11) is -3.58. The molecule has 0 spiro atoms. The Morgan fingerprint density at radius 2 is 1.97 bits per heavy atom. The number of aryl methyl sites for hydroxylation is 1. The largest absolute Gasteiger partial charge is 0.380 e. The molecule has 0 radical (unpaired) electrons. The standard InChI is InChI=1S/C25H30ClN3O4S2/c1-4-33-15-14-29-23-18(3)21(26)11-12-22(23)34-25(29)27-24(30)19-7-9-20(10-8-19)35(31,32)28-13-5-6-17(2)16-28/h7-12,17H,4-6,13-16H2,1-3H3. The average Bonchev–Trinajstić information content (AvgIpc) is 3.19. The quantitative estimate of drug-likeness (QED) is 0.404. The zero-order chi connectivity index (χ0) is 25.2. The minimum absolute atomic E-state index is 0.196. The summed E-state index contributed by atoms with van der Waals surface area (Å²) in [6, 6.07) is 9.83. The van der Waals surface area contributed by atoms with E-state index in [1.165, 1.54) is 39.9 Å². The number of sulfonamides is 1. The van der Waals surface area contributed by atoms with E-state index in [0.717, 1.165) is 28.6 Å². The van der Waals surface area contributed by atoms with Crippen LogP contribution in [0.3, 0.4) is 0 Å². The number of amides is 1. The van der Waals surface area contributed by atoms with Crippen molar-refractivity contribution in [2.45, 2.75) is 45.1 Å². The maximum Gasteiger partial charge on any atom is 0.279 e. The molecule has 1 aliphatic heterocycles. The van der Waals surface area contributed by atoms with Crippen LogP contribution in [0, 0.1) is 12.8 Å². The van der Waals surface area contributed by atoms with E-state index in [0.29, 0.717) is 54.2 Å². The predicted molar refractivity (Wildman–Crippen MR) is 140 cm³/mol. The highest BCUT2D eigenvalue weighted by atomic mass is 35.5. The minimum Gasteiger partial charge on any atom is -0.380 e. The molecule has 10 heteroatoms. The second kappa shape index (κ2) is 10.9. The smallest absolute Gasteiger partial charge is 0.279 e. The fraction of sp³-hybridized carbons (Fsp3) is 0.440. The Bertz CT molecular complexity index is 1390. The molecule has 1 aromatic heterocycles. The Morgan fingerprint density at radius 1 is 1.23 bits per heavy atom. The number of halogens is 1. The lowest BCUT2D eigenvalue weighted by atomic mass is 10.0. The number of carbonyl (C=O) groups is 1. The first-order valence-corrected chi connectivity index (χ1v) is 14.4. The zero-order valence-corrected chi connectivity index (χ0v) is 22.5. The zero-order valence-electron chi connectivity index (χ0n) is 20.2. The van der Waals surface area contributed by atoms with E-state index in [1.807, 2.05) is 30.5 Å².